The summed E-state index contributed by atoms with van der Waals surface area (Å²) >= 11 is 0. The van der Waals surface area contributed by atoms with E-state index < -0.39 is 23.9 Å². The minimum Gasteiger partial charge on any atom is -0.467 e. The predicted octanol–water partition coefficient (Wildman–Crippen LogP) is 3.82. The van der Waals surface area contributed by atoms with Crippen molar-refractivity contribution in [2.75, 3.05) is 19.0 Å². The molecule has 1 aromatic heterocycles. The van der Waals surface area contributed by atoms with E-state index in [0.29, 0.717) is 39.3 Å². The van der Waals surface area contributed by atoms with Crippen molar-refractivity contribution in [1.29, 1.82) is 0 Å². The van der Waals surface area contributed by atoms with Gasteiger partial charge in [0.15, 0.2) is 0 Å². The molecular weight excluding hydrogens is 486 g/mol. The number of aromatic nitrogens is 1. The Morgan fingerprint density at radius 2 is 1.82 bits per heavy atom. The number of hydrogen-bond donors (Lipinski definition) is 3. The number of rotatable bonds is 8. The van der Waals surface area contributed by atoms with Crippen molar-refractivity contribution in [2.24, 2.45) is 0 Å². The van der Waals surface area contributed by atoms with Crippen molar-refractivity contribution >= 4 is 41.1 Å². The third-order valence-electron chi connectivity index (χ3n) is 6.38. The Bertz CT molecular complexity index is 1440. The number of aromatic amines is 1. The van der Waals surface area contributed by atoms with E-state index >= 15 is 0 Å². The Kier molecular flexibility index (Phi) is 7.76. The number of aryl methyl sites for hydroxylation is 1. The van der Waals surface area contributed by atoms with Crippen molar-refractivity contribution in [2.45, 2.75) is 33.2 Å². The Morgan fingerprint density at radius 1 is 1.08 bits per heavy atom. The number of anilines is 1. The van der Waals surface area contributed by atoms with Crippen LogP contribution in [0.3, 0.4) is 0 Å². The second-order valence-corrected chi connectivity index (χ2v) is 8.90. The van der Waals surface area contributed by atoms with Crippen LogP contribution in [-0.2, 0) is 25.5 Å². The molecule has 0 radical (unpaired) electrons. The number of ether oxygens (including phenoxy) is 2. The quantitative estimate of drug-likeness (QED) is 0.309. The van der Waals surface area contributed by atoms with Crippen LogP contribution in [0.2, 0.25) is 0 Å². The van der Waals surface area contributed by atoms with Crippen molar-refractivity contribution in [1.82, 2.24) is 10.3 Å². The second-order valence-electron chi connectivity index (χ2n) is 8.90. The third kappa shape index (κ3) is 5.36. The summed E-state index contributed by atoms with van der Waals surface area (Å²) in [5.74, 6) is -1.81. The molecule has 1 atom stereocenters. The largest absolute Gasteiger partial charge is 0.467 e. The van der Waals surface area contributed by atoms with Gasteiger partial charge in [-0.15, -0.1) is 0 Å². The summed E-state index contributed by atoms with van der Waals surface area (Å²) in [6.07, 6.45) is 1.92. The Balaban J connectivity index is 1.63. The molecule has 9 nitrogen and oxygen atoms in total. The van der Waals surface area contributed by atoms with Crippen molar-refractivity contribution in [3.63, 3.8) is 0 Å². The van der Waals surface area contributed by atoms with Gasteiger partial charge in [0.05, 0.1) is 24.9 Å². The van der Waals surface area contributed by atoms with Gasteiger partial charge >= 0.3 is 11.9 Å². The van der Waals surface area contributed by atoms with Gasteiger partial charge in [0, 0.05) is 34.6 Å². The van der Waals surface area contributed by atoms with Crippen LogP contribution in [0.4, 0.5) is 5.69 Å². The van der Waals surface area contributed by atoms with Gasteiger partial charge in [0.1, 0.15) is 6.04 Å². The fraction of sp³-hybridized carbons (Fsp3) is 0.241. The zero-order valence-corrected chi connectivity index (χ0v) is 21.6. The number of hydrogen-bond acceptors (Lipinski definition) is 6. The summed E-state index contributed by atoms with van der Waals surface area (Å²) in [4.78, 5) is 53.9. The Morgan fingerprint density at radius 3 is 2.50 bits per heavy atom. The normalized spacial score (nSPS) is 14.0. The Hall–Kier alpha value is -4.66. The molecule has 2 heterocycles. The topological polar surface area (TPSA) is 127 Å². The molecule has 4 rings (SSSR count). The van der Waals surface area contributed by atoms with E-state index in [4.69, 9.17) is 9.47 Å². The number of fused-ring (bicyclic) bond motifs is 1. The standard InChI is InChI=1S/C29H29N3O6/c1-5-38-29(36)25-16(2)23(30-17(25)3)15-21-20-14-19(11-12-22(20)31-27(21)34)26(33)32-24(28(35)37-4)13-18-9-7-6-8-10-18/h6-12,14-15,24,30H,5,13H2,1-4H3,(H,31,34)(H,32,33)/t24-/m1/s1. The van der Waals surface area contributed by atoms with Crippen molar-refractivity contribution in [3.05, 3.63) is 87.7 Å². The van der Waals surface area contributed by atoms with Crippen molar-refractivity contribution in [3.8, 4) is 0 Å². The molecule has 2 aromatic carbocycles. The lowest BCUT2D eigenvalue weighted by Crippen LogP contribution is -2.43. The second kappa shape index (κ2) is 11.2. The summed E-state index contributed by atoms with van der Waals surface area (Å²) in [5.41, 5.74) is 4.88. The summed E-state index contributed by atoms with van der Waals surface area (Å²) in [6, 6.07) is 13.2. The molecular formula is C29H29N3O6. The van der Waals surface area contributed by atoms with Gasteiger partial charge in [-0.05, 0) is 56.2 Å². The molecule has 3 aromatic rings. The molecule has 0 unspecified atom stereocenters. The third-order valence-corrected chi connectivity index (χ3v) is 6.38. The number of benzene rings is 2. The molecule has 1 aliphatic rings. The highest BCUT2D eigenvalue weighted by molar-refractivity contribution is 6.35. The van der Waals surface area contributed by atoms with Crippen LogP contribution in [0.15, 0.2) is 48.5 Å². The zero-order chi connectivity index (χ0) is 27.4. The summed E-state index contributed by atoms with van der Waals surface area (Å²) in [5, 5.41) is 5.55. The van der Waals surface area contributed by atoms with Gasteiger partial charge in [0.25, 0.3) is 11.8 Å². The predicted molar refractivity (Wildman–Crippen MR) is 143 cm³/mol. The lowest BCUT2D eigenvalue weighted by Gasteiger charge is -2.17. The molecule has 1 aliphatic heterocycles. The van der Waals surface area contributed by atoms with E-state index in [2.05, 4.69) is 15.6 Å². The maximum Gasteiger partial charge on any atom is 0.340 e. The minimum atomic E-state index is -0.885. The SMILES string of the molecule is CCOC(=O)c1c(C)[nH]c(C=C2C(=O)Nc3ccc(C(=O)N[C@H](Cc4ccccc4)C(=O)OC)cc32)c1C. The molecule has 9 heteroatoms. The molecule has 3 N–H and O–H groups in total. The number of methoxy groups -OCH3 is 1. The Labute approximate surface area is 220 Å². The lowest BCUT2D eigenvalue weighted by atomic mass is 10.0. The van der Waals surface area contributed by atoms with E-state index in [1.165, 1.54) is 7.11 Å². The molecule has 2 amide bonds. The maximum atomic E-state index is 13.1. The summed E-state index contributed by atoms with van der Waals surface area (Å²) < 4.78 is 10.0. The fourth-order valence-corrected chi connectivity index (χ4v) is 4.47. The highest BCUT2D eigenvalue weighted by Gasteiger charge is 2.28. The van der Waals surface area contributed by atoms with Gasteiger partial charge in [-0.1, -0.05) is 30.3 Å². The van der Waals surface area contributed by atoms with Gasteiger partial charge < -0.3 is 25.1 Å². The highest BCUT2D eigenvalue weighted by atomic mass is 16.5. The first-order valence-corrected chi connectivity index (χ1v) is 12.2. The first-order valence-electron chi connectivity index (χ1n) is 12.2. The molecule has 0 fully saturated rings. The summed E-state index contributed by atoms with van der Waals surface area (Å²) in [6.45, 7) is 5.53. The lowest BCUT2D eigenvalue weighted by molar-refractivity contribution is -0.142. The molecule has 0 saturated heterocycles. The van der Waals surface area contributed by atoms with Gasteiger partial charge in [-0.2, -0.15) is 0 Å². The fourth-order valence-electron chi connectivity index (χ4n) is 4.47. The molecule has 38 heavy (non-hydrogen) atoms. The van der Waals surface area contributed by atoms with Crippen LogP contribution in [0.1, 0.15) is 55.7 Å². The summed E-state index contributed by atoms with van der Waals surface area (Å²) in [7, 11) is 1.27. The monoisotopic (exact) mass is 515 g/mol. The van der Waals surface area contributed by atoms with Gasteiger partial charge in [0.2, 0.25) is 0 Å². The number of carbonyl (C=O) groups is 4. The molecule has 0 spiro atoms. The number of amides is 2. The highest BCUT2D eigenvalue weighted by Crippen LogP contribution is 2.35. The minimum absolute atomic E-state index is 0.252. The van der Waals surface area contributed by atoms with Crippen LogP contribution in [0.25, 0.3) is 11.6 Å². The molecule has 0 bridgehead atoms. The number of nitrogens with one attached hydrogen (secondary N) is 3. The van der Waals surface area contributed by atoms with E-state index in [1.807, 2.05) is 30.3 Å². The number of carbonyl (C=O) groups excluding carboxylic acids is 4. The van der Waals surface area contributed by atoms with Crippen LogP contribution < -0.4 is 10.6 Å². The van der Waals surface area contributed by atoms with Gasteiger partial charge in [-0.25, -0.2) is 9.59 Å². The van der Waals surface area contributed by atoms with E-state index in [1.54, 1.807) is 45.0 Å². The average molecular weight is 516 g/mol. The molecule has 0 aliphatic carbocycles. The van der Waals surface area contributed by atoms with Gasteiger partial charge in [-0.3, -0.25) is 9.59 Å². The molecule has 196 valence electrons. The number of esters is 2. The maximum absolute atomic E-state index is 13.1. The van der Waals surface area contributed by atoms with Crippen molar-refractivity contribution < 1.29 is 28.7 Å². The smallest absolute Gasteiger partial charge is 0.340 e. The van der Waals surface area contributed by atoms with Crippen LogP contribution >= 0.6 is 0 Å². The van der Waals surface area contributed by atoms with Crippen LogP contribution in [0.5, 0.6) is 0 Å². The van der Waals surface area contributed by atoms with E-state index in [0.717, 1.165) is 5.56 Å². The average Bonchev–Trinajstić information content (AvgIpc) is 3.37. The molecule has 0 saturated carbocycles. The first-order chi connectivity index (χ1) is 18.2. The number of H-pyrrole nitrogens is 1. The van der Waals surface area contributed by atoms with E-state index in [9.17, 15) is 19.2 Å². The van der Waals surface area contributed by atoms with E-state index in [-0.39, 0.29) is 24.5 Å². The van der Waals surface area contributed by atoms with Crippen LogP contribution in [-0.4, -0.2) is 48.5 Å². The zero-order valence-electron chi connectivity index (χ0n) is 21.6. The first kappa shape index (κ1) is 26.4. The van der Waals surface area contributed by atoms with Crippen LogP contribution in [0, 0.1) is 13.8 Å².